The third-order valence-electron chi connectivity index (χ3n) is 3.88. The summed E-state index contributed by atoms with van der Waals surface area (Å²) in [6.45, 7) is 7.31. The average Bonchev–Trinajstić information content (AvgIpc) is 2.96. The number of nitrogens with zero attached hydrogens (tertiary/aromatic N) is 1. The zero-order valence-corrected chi connectivity index (χ0v) is 13.1. The van der Waals surface area contributed by atoms with E-state index in [2.05, 4.69) is 21.9 Å². The maximum atomic E-state index is 11.4. The number of nitrogens with one attached hydrogen (secondary N) is 1. The number of esters is 1. The standard InChI is InChI=1S/C16H26N2O3/c1-3-9-18(11-13-5-4-8-17-10-13)12-14-6-7-15(21-14)16(19)20-2/h6-7,13,17H,3-5,8-12H2,1-2H3. The molecule has 0 spiro atoms. The van der Waals surface area contributed by atoms with Crippen LogP contribution in [0.1, 0.15) is 42.5 Å². The van der Waals surface area contributed by atoms with Crippen molar-refractivity contribution in [2.45, 2.75) is 32.7 Å². The highest BCUT2D eigenvalue weighted by Gasteiger charge is 2.18. The van der Waals surface area contributed by atoms with Gasteiger partial charge < -0.3 is 14.5 Å². The molecule has 2 heterocycles. The monoisotopic (exact) mass is 294 g/mol. The van der Waals surface area contributed by atoms with Gasteiger partial charge in [0.15, 0.2) is 0 Å². The van der Waals surface area contributed by atoms with Crippen LogP contribution in [0.3, 0.4) is 0 Å². The summed E-state index contributed by atoms with van der Waals surface area (Å²) >= 11 is 0. The Kier molecular flexibility index (Phi) is 6.26. The zero-order chi connectivity index (χ0) is 15.1. The van der Waals surface area contributed by atoms with Crippen LogP contribution in [0.25, 0.3) is 0 Å². The Labute approximate surface area is 126 Å². The van der Waals surface area contributed by atoms with Gasteiger partial charge in [-0.25, -0.2) is 4.79 Å². The molecule has 0 radical (unpaired) electrons. The molecule has 1 N–H and O–H groups in total. The molecule has 1 unspecified atom stereocenters. The van der Waals surface area contributed by atoms with Crippen LogP contribution in [0.5, 0.6) is 0 Å². The fourth-order valence-corrected chi connectivity index (χ4v) is 2.89. The number of piperidine rings is 1. The number of hydrogen-bond donors (Lipinski definition) is 1. The Balaban J connectivity index is 1.91. The van der Waals surface area contributed by atoms with Gasteiger partial charge in [-0.3, -0.25) is 4.90 Å². The maximum absolute atomic E-state index is 11.4. The van der Waals surface area contributed by atoms with E-state index in [1.807, 2.05) is 6.07 Å². The summed E-state index contributed by atoms with van der Waals surface area (Å²) in [7, 11) is 1.37. The van der Waals surface area contributed by atoms with Gasteiger partial charge in [0, 0.05) is 6.54 Å². The Morgan fingerprint density at radius 2 is 2.38 bits per heavy atom. The number of methoxy groups -OCH3 is 1. The number of carbonyl (C=O) groups excluding carboxylic acids is 1. The van der Waals surface area contributed by atoms with E-state index in [1.54, 1.807) is 6.07 Å². The molecule has 118 valence electrons. The Morgan fingerprint density at radius 1 is 1.52 bits per heavy atom. The summed E-state index contributed by atoms with van der Waals surface area (Å²) in [5.41, 5.74) is 0. The molecule has 1 aliphatic rings. The molecule has 1 saturated heterocycles. The lowest BCUT2D eigenvalue weighted by Crippen LogP contribution is -2.38. The molecule has 2 rings (SSSR count). The maximum Gasteiger partial charge on any atom is 0.373 e. The highest BCUT2D eigenvalue weighted by Crippen LogP contribution is 2.16. The quantitative estimate of drug-likeness (QED) is 0.782. The van der Waals surface area contributed by atoms with Crippen molar-refractivity contribution in [3.63, 3.8) is 0 Å². The SMILES string of the molecule is CCCN(Cc1ccc(C(=O)OC)o1)CC1CCCNC1. The molecule has 1 fully saturated rings. The van der Waals surface area contributed by atoms with E-state index in [4.69, 9.17) is 4.42 Å². The predicted octanol–water partition coefficient (Wildman–Crippen LogP) is 2.28. The minimum atomic E-state index is -0.417. The first-order valence-corrected chi connectivity index (χ1v) is 7.83. The summed E-state index contributed by atoms with van der Waals surface area (Å²) in [4.78, 5) is 13.8. The lowest BCUT2D eigenvalue weighted by Gasteiger charge is -2.29. The molecular weight excluding hydrogens is 268 g/mol. The van der Waals surface area contributed by atoms with Gasteiger partial charge in [0.1, 0.15) is 5.76 Å². The molecule has 0 saturated carbocycles. The van der Waals surface area contributed by atoms with E-state index in [-0.39, 0.29) is 5.76 Å². The van der Waals surface area contributed by atoms with E-state index in [1.165, 1.54) is 20.0 Å². The number of carbonyl (C=O) groups is 1. The minimum absolute atomic E-state index is 0.281. The molecule has 1 aromatic heterocycles. The molecule has 5 heteroatoms. The van der Waals surface area contributed by atoms with Crippen molar-refractivity contribution < 1.29 is 13.9 Å². The van der Waals surface area contributed by atoms with Crippen molar-refractivity contribution in [3.05, 3.63) is 23.7 Å². The number of furan rings is 1. The fraction of sp³-hybridized carbons (Fsp3) is 0.688. The van der Waals surface area contributed by atoms with E-state index in [9.17, 15) is 4.79 Å². The minimum Gasteiger partial charge on any atom is -0.463 e. The summed E-state index contributed by atoms with van der Waals surface area (Å²) in [5, 5.41) is 3.46. The highest BCUT2D eigenvalue weighted by atomic mass is 16.5. The second-order valence-electron chi connectivity index (χ2n) is 5.71. The van der Waals surface area contributed by atoms with Crippen molar-refractivity contribution in [2.24, 2.45) is 5.92 Å². The molecule has 0 amide bonds. The van der Waals surface area contributed by atoms with Gasteiger partial charge in [0.25, 0.3) is 0 Å². The molecule has 1 aromatic rings. The van der Waals surface area contributed by atoms with Crippen LogP contribution < -0.4 is 5.32 Å². The van der Waals surface area contributed by atoms with E-state index in [0.717, 1.165) is 44.9 Å². The van der Waals surface area contributed by atoms with Crippen molar-refractivity contribution in [3.8, 4) is 0 Å². The van der Waals surface area contributed by atoms with Crippen LogP contribution in [-0.2, 0) is 11.3 Å². The van der Waals surface area contributed by atoms with Crippen LogP contribution >= 0.6 is 0 Å². The molecule has 0 aliphatic carbocycles. The van der Waals surface area contributed by atoms with Crippen molar-refractivity contribution in [1.82, 2.24) is 10.2 Å². The van der Waals surface area contributed by atoms with Gasteiger partial charge >= 0.3 is 5.97 Å². The predicted molar refractivity (Wildman–Crippen MR) is 81.2 cm³/mol. The second kappa shape index (κ2) is 8.20. The molecule has 1 aliphatic heterocycles. The van der Waals surface area contributed by atoms with Gasteiger partial charge in [0.2, 0.25) is 5.76 Å². The molecule has 21 heavy (non-hydrogen) atoms. The average molecular weight is 294 g/mol. The Morgan fingerprint density at radius 3 is 3.05 bits per heavy atom. The van der Waals surface area contributed by atoms with Gasteiger partial charge in [-0.05, 0) is 56.9 Å². The van der Waals surface area contributed by atoms with Gasteiger partial charge in [0.05, 0.1) is 13.7 Å². The largest absolute Gasteiger partial charge is 0.463 e. The van der Waals surface area contributed by atoms with Gasteiger partial charge in [-0.2, -0.15) is 0 Å². The molecule has 5 nitrogen and oxygen atoms in total. The first-order valence-electron chi connectivity index (χ1n) is 7.83. The van der Waals surface area contributed by atoms with Crippen LogP contribution in [0.2, 0.25) is 0 Å². The summed E-state index contributed by atoms with van der Waals surface area (Å²) < 4.78 is 10.2. The second-order valence-corrected chi connectivity index (χ2v) is 5.71. The normalized spacial score (nSPS) is 18.9. The van der Waals surface area contributed by atoms with Gasteiger partial charge in [-0.1, -0.05) is 6.92 Å². The molecule has 1 atom stereocenters. The smallest absolute Gasteiger partial charge is 0.373 e. The summed E-state index contributed by atoms with van der Waals surface area (Å²) in [6.07, 6.45) is 3.67. The highest BCUT2D eigenvalue weighted by molar-refractivity contribution is 5.86. The Hall–Kier alpha value is -1.33. The van der Waals surface area contributed by atoms with Crippen LogP contribution in [0, 0.1) is 5.92 Å². The first kappa shape index (κ1) is 16.0. The van der Waals surface area contributed by atoms with Crippen LogP contribution in [-0.4, -0.2) is 44.2 Å². The lowest BCUT2D eigenvalue weighted by atomic mass is 9.99. The third-order valence-corrected chi connectivity index (χ3v) is 3.88. The van der Waals surface area contributed by atoms with E-state index >= 15 is 0 Å². The van der Waals surface area contributed by atoms with E-state index < -0.39 is 5.97 Å². The number of hydrogen-bond acceptors (Lipinski definition) is 5. The Bertz CT molecular complexity index is 438. The van der Waals surface area contributed by atoms with Crippen molar-refractivity contribution >= 4 is 5.97 Å². The molecule has 0 aromatic carbocycles. The van der Waals surface area contributed by atoms with Crippen molar-refractivity contribution in [1.29, 1.82) is 0 Å². The number of rotatable bonds is 7. The first-order chi connectivity index (χ1) is 10.2. The third kappa shape index (κ3) is 4.86. The topological polar surface area (TPSA) is 54.7 Å². The summed E-state index contributed by atoms with van der Waals surface area (Å²) in [6, 6.07) is 3.56. The fourth-order valence-electron chi connectivity index (χ4n) is 2.89. The molecular formula is C16H26N2O3. The molecule has 0 bridgehead atoms. The summed E-state index contributed by atoms with van der Waals surface area (Å²) in [5.74, 6) is 1.40. The van der Waals surface area contributed by atoms with Crippen LogP contribution in [0.15, 0.2) is 16.5 Å². The van der Waals surface area contributed by atoms with Crippen molar-refractivity contribution in [2.75, 3.05) is 33.3 Å². The van der Waals surface area contributed by atoms with Crippen LogP contribution in [0.4, 0.5) is 0 Å². The van der Waals surface area contributed by atoms with E-state index in [0.29, 0.717) is 5.92 Å². The zero-order valence-electron chi connectivity index (χ0n) is 13.1. The van der Waals surface area contributed by atoms with Gasteiger partial charge in [-0.15, -0.1) is 0 Å². The number of ether oxygens (including phenoxy) is 1. The lowest BCUT2D eigenvalue weighted by molar-refractivity contribution is 0.0560.